The second kappa shape index (κ2) is 8.63. The largest absolute Gasteiger partial charge is 0.384 e. The number of carbonyl (C=O) groups excluding carboxylic acids is 1. The zero-order chi connectivity index (χ0) is 20.2. The van der Waals surface area contributed by atoms with E-state index in [0.29, 0.717) is 16.8 Å². The quantitative estimate of drug-likeness (QED) is 0.654. The molecule has 0 bridgehead atoms. The van der Waals surface area contributed by atoms with E-state index in [9.17, 15) is 9.18 Å². The highest BCUT2D eigenvalue weighted by atomic mass is 19.1. The Morgan fingerprint density at radius 1 is 1.21 bits per heavy atom. The molecule has 2 aromatic rings. The molecule has 152 valence electrons. The predicted octanol–water partition coefficient (Wildman–Crippen LogP) is 3.28. The van der Waals surface area contributed by atoms with Crippen LogP contribution in [0.15, 0.2) is 42.6 Å². The van der Waals surface area contributed by atoms with E-state index in [1.165, 1.54) is 12.1 Å². The number of morpholine rings is 1. The fourth-order valence-corrected chi connectivity index (χ4v) is 3.59. The summed E-state index contributed by atoms with van der Waals surface area (Å²) in [4.78, 5) is 14.6. The number of ether oxygens (including phenoxy) is 1. The highest BCUT2D eigenvalue weighted by molar-refractivity contribution is 6.31. The number of nitrogens with zero attached hydrogens (tertiary/aromatic N) is 1. The second-order valence-electron chi connectivity index (χ2n) is 7.26. The van der Waals surface area contributed by atoms with Crippen LogP contribution in [0.4, 0.5) is 21.5 Å². The molecule has 2 aliphatic heterocycles. The third-order valence-electron chi connectivity index (χ3n) is 5.22. The smallest absolute Gasteiger partial charge is 0.257 e. The minimum atomic E-state index is -0.370. The lowest BCUT2D eigenvalue weighted by Crippen LogP contribution is -2.39. The van der Waals surface area contributed by atoms with Crippen LogP contribution in [0, 0.1) is 12.7 Å². The van der Waals surface area contributed by atoms with Crippen LogP contribution in [0.2, 0.25) is 0 Å². The molecular formula is C22H25FN4O2. The van der Waals surface area contributed by atoms with Crippen LogP contribution in [-0.4, -0.2) is 50.2 Å². The van der Waals surface area contributed by atoms with Crippen molar-refractivity contribution in [2.24, 2.45) is 0 Å². The Bertz CT molecular complexity index is 938. The normalized spacial score (nSPS) is 17.9. The molecule has 0 atom stereocenters. The number of rotatable bonds is 6. The monoisotopic (exact) mass is 396 g/mol. The first kappa shape index (κ1) is 19.4. The molecule has 2 aliphatic rings. The number of nitrogens with one attached hydrogen (secondary N) is 3. The van der Waals surface area contributed by atoms with Crippen molar-refractivity contribution < 1.29 is 13.9 Å². The number of hydrogen-bond donors (Lipinski definition) is 3. The van der Waals surface area contributed by atoms with Crippen molar-refractivity contribution in [1.29, 1.82) is 0 Å². The summed E-state index contributed by atoms with van der Waals surface area (Å²) < 4.78 is 18.7. The van der Waals surface area contributed by atoms with Gasteiger partial charge in [-0.1, -0.05) is 0 Å². The van der Waals surface area contributed by atoms with E-state index in [4.69, 9.17) is 4.74 Å². The van der Waals surface area contributed by atoms with Crippen LogP contribution >= 0.6 is 0 Å². The summed E-state index contributed by atoms with van der Waals surface area (Å²) in [6, 6.07) is 10.3. The Morgan fingerprint density at radius 3 is 2.83 bits per heavy atom. The maximum absolute atomic E-state index is 13.3. The summed E-state index contributed by atoms with van der Waals surface area (Å²) in [5, 5.41) is 9.35. The Labute approximate surface area is 169 Å². The molecule has 6 nitrogen and oxygen atoms in total. The van der Waals surface area contributed by atoms with Crippen LogP contribution < -0.4 is 16.0 Å². The van der Waals surface area contributed by atoms with E-state index in [-0.39, 0.29) is 11.7 Å². The molecule has 29 heavy (non-hydrogen) atoms. The van der Waals surface area contributed by atoms with E-state index in [1.807, 2.05) is 18.2 Å². The van der Waals surface area contributed by atoms with Crippen molar-refractivity contribution in [2.75, 3.05) is 55.3 Å². The second-order valence-corrected chi connectivity index (χ2v) is 7.26. The number of carbonyl (C=O) groups is 1. The number of halogens is 1. The molecule has 3 N–H and O–H groups in total. The lowest BCUT2D eigenvalue weighted by molar-refractivity contribution is -0.110. The lowest BCUT2D eigenvalue weighted by atomic mass is 10.1. The summed E-state index contributed by atoms with van der Waals surface area (Å²) in [7, 11) is 0. The topological polar surface area (TPSA) is 65.6 Å². The fraction of sp³-hybridized carbons (Fsp3) is 0.318. The number of benzene rings is 2. The number of anilines is 3. The van der Waals surface area contributed by atoms with Crippen LogP contribution in [-0.2, 0) is 9.53 Å². The van der Waals surface area contributed by atoms with Crippen molar-refractivity contribution in [3.05, 3.63) is 59.5 Å². The van der Waals surface area contributed by atoms with Crippen LogP contribution in [0.5, 0.6) is 0 Å². The number of aryl methyl sites for hydroxylation is 1. The van der Waals surface area contributed by atoms with E-state index < -0.39 is 0 Å². The van der Waals surface area contributed by atoms with Gasteiger partial charge in [0, 0.05) is 49.3 Å². The van der Waals surface area contributed by atoms with Gasteiger partial charge in [0.05, 0.1) is 24.5 Å². The summed E-state index contributed by atoms with van der Waals surface area (Å²) in [5.41, 5.74) is 4.79. The van der Waals surface area contributed by atoms with Gasteiger partial charge < -0.3 is 20.7 Å². The molecule has 0 radical (unpaired) electrons. The van der Waals surface area contributed by atoms with Crippen molar-refractivity contribution in [1.82, 2.24) is 4.90 Å². The average molecular weight is 396 g/mol. The maximum Gasteiger partial charge on any atom is 0.257 e. The third-order valence-corrected chi connectivity index (χ3v) is 5.22. The molecule has 0 spiro atoms. The van der Waals surface area contributed by atoms with E-state index in [0.717, 1.165) is 56.3 Å². The molecule has 0 aromatic heterocycles. The number of amides is 1. The van der Waals surface area contributed by atoms with Gasteiger partial charge in [-0.2, -0.15) is 0 Å². The molecule has 1 saturated heterocycles. The fourth-order valence-electron chi connectivity index (χ4n) is 3.59. The molecule has 0 saturated carbocycles. The predicted molar refractivity (Wildman–Crippen MR) is 114 cm³/mol. The Kier molecular flexibility index (Phi) is 5.78. The first-order valence-corrected chi connectivity index (χ1v) is 9.83. The van der Waals surface area contributed by atoms with Gasteiger partial charge in [0.15, 0.2) is 0 Å². The highest BCUT2D eigenvalue weighted by Crippen LogP contribution is 2.32. The van der Waals surface area contributed by atoms with Gasteiger partial charge in [-0.25, -0.2) is 4.39 Å². The van der Waals surface area contributed by atoms with E-state index in [2.05, 4.69) is 27.8 Å². The molecular weight excluding hydrogens is 371 g/mol. The van der Waals surface area contributed by atoms with Crippen LogP contribution in [0.25, 0.3) is 5.57 Å². The zero-order valence-electron chi connectivity index (χ0n) is 16.4. The van der Waals surface area contributed by atoms with Crippen molar-refractivity contribution >= 4 is 28.5 Å². The molecule has 1 fully saturated rings. The van der Waals surface area contributed by atoms with Crippen LogP contribution in [0.3, 0.4) is 0 Å². The van der Waals surface area contributed by atoms with E-state index in [1.54, 1.807) is 12.3 Å². The van der Waals surface area contributed by atoms with Gasteiger partial charge in [0.25, 0.3) is 5.91 Å². The molecule has 2 heterocycles. The van der Waals surface area contributed by atoms with Crippen molar-refractivity contribution in [3.63, 3.8) is 0 Å². The van der Waals surface area contributed by atoms with Gasteiger partial charge in [-0.3, -0.25) is 9.69 Å². The minimum absolute atomic E-state index is 0.240. The Morgan fingerprint density at radius 2 is 2.03 bits per heavy atom. The summed E-state index contributed by atoms with van der Waals surface area (Å²) in [6.07, 6.45) is 1.67. The minimum Gasteiger partial charge on any atom is -0.384 e. The maximum atomic E-state index is 13.3. The first-order chi connectivity index (χ1) is 14.1. The van der Waals surface area contributed by atoms with Crippen molar-refractivity contribution in [3.8, 4) is 0 Å². The third kappa shape index (κ3) is 4.58. The van der Waals surface area contributed by atoms with Crippen molar-refractivity contribution in [2.45, 2.75) is 6.92 Å². The number of hydrogen-bond acceptors (Lipinski definition) is 5. The standard InChI is InChI=1S/C22H25FN4O2/c1-15-12-17(3-5-20(15)24-6-7-27-8-10-29-11-9-27)25-14-19-18-4-2-16(23)13-21(18)26-22(19)28/h2-5,12-14,24-25H,6-11H2,1H3,(H,26,28). The van der Waals surface area contributed by atoms with Crippen LogP contribution in [0.1, 0.15) is 11.1 Å². The van der Waals surface area contributed by atoms with Gasteiger partial charge in [0.2, 0.25) is 0 Å². The average Bonchev–Trinajstić information content (AvgIpc) is 3.02. The molecule has 0 unspecified atom stereocenters. The highest BCUT2D eigenvalue weighted by Gasteiger charge is 2.24. The molecule has 4 rings (SSSR count). The van der Waals surface area contributed by atoms with Gasteiger partial charge in [-0.15, -0.1) is 0 Å². The van der Waals surface area contributed by atoms with Gasteiger partial charge in [0.1, 0.15) is 5.82 Å². The lowest BCUT2D eigenvalue weighted by Gasteiger charge is -2.26. The Hall–Kier alpha value is -2.90. The summed E-state index contributed by atoms with van der Waals surface area (Å²) >= 11 is 0. The first-order valence-electron chi connectivity index (χ1n) is 9.83. The summed E-state index contributed by atoms with van der Waals surface area (Å²) in [6.45, 7) is 7.52. The molecule has 1 amide bonds. The molecule has 0 aliphatic carbocycles. The molecule has 7 heteroatoms. The summed E-state index contributed by atoms with van der Waals surface area (Å²) in [5.74, 6) is -0.609. The SMILES string of the molecule is Cc1cc(NC=C2C(=O)Nc3cc(F)ccc32)ccc1NCCN1CCOCC1. The van der Waals surface area contributed by atoms with Gasteiger partial charge in [-0.05, 0) is 48.9 Å². The van der Waals surface area contributed by atoms with Gasteiger partial charge >= 0.3 is 0 Å². The van der Waals surface area contributed by atoms with E-state index >= 15 is 0 Å². The zero-order valence-corrected chi connectivity index (χ0v) is 16.4. The Balaban J connectivity index is 1.37. The number of fused-ring (bicyclic) bond motifs is 1. The molecule has 2 aromatic carbocycles.